The van der Waals surface area contributed by atoms with Crippen LogP contribution >= 0.6 is 0 Å². The number of ether oxygens (including phenoxy) is 1. The first-order chi connectivity index (χ1) is 9.96. The van der Waals surface area contributed by atoms with E-state index in [-0.39, 0.29) is 30.0 Å². The van der Waals surface area contributed by atoms with Gasteiger partial charge in [0.15, 0.2) is 15.9 Å². The molecule has 0 aromatic heterocycles. The van der Waals surface area contributed by atoms with Crippen LogP contribution in [0, 0.1) is 0 Å². The lowest BCUT2D eigenvalue weighted by atomic mass is 10.2. The van der Waals surface area contributed by atoms with E-state index in [9.17, 15) is 13.2 Å². The number of anilines is 1. The van der Waals surface area contributed by atoms with Gasteiger partial charge in [-0.1, -0.05) is 12.1 Å². The zero-order chi connectivity index (χ0) is 15.0. The Bertz CT molecular complexity index is 659. The van der Waals surface area contributed by atoms with Crippen LogP contribution < -0.4 is 10.1 Å². The zero-order valence-corrected chi connectivity index (χ0v) is 12.6. The highest BCUT2D eigenvalue weighted by molar-refractivity contribution is 7.91. The van der Waals surface area contributed by atoms with Gasteiger partial charge in [0.05, 0.1) is 23.7 Å². The fourth-order valence-corrected chi connectivity index (χ4v) is 4.32. The fraction of sp³-hybridized carbons (Fsp3) is 0.500. The number of amides is 1. The number of benzene rings is 1. The van der Waals surface area contributed by atoms with Crippen LogP contribution in [0.5, 0.6) is 5.75 Å². The summed E-state index contributed by atoms with van der Waals surface area (Å²) in [5.41, 5.74) is 0.871. The third-order valence-corrected chi connectivity index (χ3v) is 5.66. The second kappa shape index (κ2) is 5.22. The van der Waals surface area contributed by atoms with E-state index >= 15 is 0 Å². The Morgan fingerprint density at radius 2 is 2.14 bits per heavy atom. The molecule has 2 atom stereocenters. The van der Waals surface area contributed by atoms with Gasteiger partial charge in [0.2, 0.25) is 0 Å². The molecule has 1 amide bonds. The molecule has 1 aromatic rings. The van der Waals surface area contributed by atoms with Gasteiger partial charge in [0.25, 0.3) is 5.91 Å². The summed E-state index contributed by atoms with van der Waals surface area (Å²) >= 11 is 0. The van der Waals surface area contributed by atoms with E-state index in [1.54, 1.807) is 11.8 Å². The van der Waals surface area contributed by atoms with Crippen molar-refractivity contribution in [1.29, 1.82) is 0 Å². The van der Waals surface area contributed by atoms with Gasteiger partial charge in [0.1, 0.15) is 5.75 Å². The molecule has 7 heteroatoms. The molecular weight excluding hydrogens is 292 g/mol. The van der Waals surface area contributed by atoms with E-state index in [0.29, 0.717) is 12.3 Å². The molecule has 1 fully saturated rings. The average Bonchev–Trinajstić information content (AvgIpc) is 2.45. The lowest BCUT2D eigenvalue weighted by molar-refractivity contribution is -0.139. The van der Waals surface area contributed by atoms with Gasteiger partial charge in [0, 0.05) is 12.6 Å². The first-order valence-corrected chi connectivity index (χ1v) is 8.79. The van der Waals surface area contributed by atoms with Crippen molar-refractivity contribution in [2.45, 2.75) is 19.1 Å². The maximum Gasteiger partial charge on any atom is 0.265 e. The predicted molar refractivity (Wildman–Crippen MR) is 79.2 cm³/mol. The molecule has 0 saturated carbocycles. The van der Waals surface area contributed by atoms with Crippen molar-refractivity contribution in [3.63, 3.8) is 0 Å². The molecule has 114 valence electrons. The number of rotatable bonds is 1. The van der Waals surface area contributed by atoms with Crippen molar-refractivity contribution in [3.05, 3.63) is 24.3 Å². The lowest BCUT2D eigenvalue weighted by Crippen LogP contribution is -2.55. The summed E-state index contributed by atoms with van der Waals surface area (Å²) < 4.78 is 28.9. The molecule has 21 heavy (non-hydrogen) atoms. The number of hydrogen-bond donors (Lipinski definition) is 1. The molecular formula is C14H18N2O4S. The Hall–Kier alpha value is -1.76. The maximum atomic E-state index is 12.6. The third kappa shape index (κ3) is 2.83. The molecule has 0 bridgehead atoms. The minimum Gasteiger partial charge on any atom is -0.477 e. The van der Waals surface area contributed by atoms with E-state index in [1.165, 1.54) is 0 Å². The molecule has 1 saturated heterocycles. The van der Waals surface area contributed by atoms with Crippen LogP contribution in [0.15, 0.2) is 24.3 Å². The van der Waals surface area contributed by atoms with Gasteiger partial charge < -0.3 is 15.0 Å². The maximum absolute atomic E-state index is 12.6. The molecule has 1 N–H and O–H groups in total. The van der Waals surface area contributed by atoms with Gasteiger partial charge in [-0.3, -0.25) is 4.79 Å². The number of hydrogen-bond acceptors (Lipinski definition) is 5. The number of carbonyl (C=O) groups is 1. The van der Waals surface area contributed by atoms with Crippen LogP contribution in [0.4, 0.5) is 5.69 Å². The first-order valence-electron chi connectivity index (χ1n) is 6.97. The summed E-state index contributed by atoms with van der Waals surface area (Å²) in [6.45, 7) is 2.40. The number of nitrogens with one attached hydrogen (secondary N) is 1. The van der Waals surface area contributed by atoms with Crippen LogP contribution in [-0.4, -0.2) is 56.0 Å². The van der Waals surface area contributed by atoms with Crippen LogP contribution in [-0.2, 0) is 14.6 Å². The van der Waals surface area contributed by atoms with Gasteiger partial charge >= 0.3 is 0 Å². The van der Waals surface area contributed by atoms with Crippen molar-refractivity contribution >= 4 is 21.4 Å². The quantitative estimate of drug-likeness (QED) is 0.818. The Morgan fingerprint density at radius 3 is 2.90 bits per heavy atom. The zero-order valence-electron chi connectivity index (χ0n) is 11.8. The monoisotopic (exact) mass is 310 g/mol. The van der Waals surface area contributed by atoms with Crippen molar-refractivity contribution in [1.82, 2.24) is 4.90 Å². The second-order valence-electron chi connectivity index (χ2n) is 5.48. The van der Waals surface area contributed by atoms with Crippen molar-refractivity contribution in [2.24, 2.45) is 0 Å². The molecule has 0 radical (unpaired) electrons. The number of fused-ring (bicyclic) bond motifs is 1. The summed E-state index contributed by atoms with van der Waals surface area (Å²) in [4.78, 5) is 14.2. The van der Waals surface area contributed by atoms with Crippen molar-refractivity contribution < 1.29 is 17.9 Å². The SMILES string of the molecule is CC1CS(=O)(=O)CCN1C(=O)C1CNc2ccccc2O1. The number of sulfone groups is 1. The molecule has 1 aromatic carbocycles. The lowest BCUT2D eigenvalue weighted by Gasteiger charge is -2.37. The summed E-state index contributed by atoms with van der Waals surface area (Å²) in [5.74, 6) is 0.550. The summed E-state index contributed by atoms with van der Waals surface area (Å²) in [6, 6.07) is 7.15. The van der Waals surface area contributed by atoms with Gasteiger partial charge in [-0.15, -0.1) is 0 Å². The van der Waals surface area contributed by atoms with Gasteiger partial charge in [-0.2, -0.15) is 0 Å². The van der Waals surface area contributed by atoms with Crippen LogP contribution in [0.1, 0.15) is 6.92 Å². The molecule has 2 heterocycles. The smallest absolute Gasteiger partial charge is 0.265 e. The third-order valence-electron chi connectivity index (χ3n) is 3.86. The Kier molecular flexibility index (Phi) is 3.52. The Morgan fingerprint density at radius 1 is 1.38 bits per heavy atom. The number of nitrogens with zero attached hydrogens (tertiary/aromatic N) is 1. The molecule has 2 aliphatic rings. The predicted octanol–water partition coefficient (Wildman–Crippen LogP) is 0.505. The summed E-state index contributed by atoms with van der Waals surface area (Å²) in [5, 5.41) is 3.17. The van der Waals surface area contributed by atoms with E-state index < -0.39 is 15.9 Å². The van der Waals surface area contributed by atoms with Crippen LogP contribution in [0.2, 0.25) is 0 Å². The standard InChI is InChI=1S/C14H18N2O4S/c1-10-9-21(18,19)7-6-16(10)14(17)13-8-15-11-4-2-3-5-12(11)20-13/h2-5,10,13,15H,6-9H2,1H3. The highest BCUT2D eigenvalue weighted by Crippen LogP contribution is 2.29. The normalized spacial score (nSPS) is 27.2. The van der Waals surface area contributed by atoms with E-state index in [4.69, 9.17) is 4.74 Å². The molecule has 3 rings (SSSR count). The fourth-order valence-electron chi connectivity index (χ4n) is 2.76. The van der Waals surface area contributed by atoms with Crippen molar-refractivity contribution in [2.75, 3.05) is 29.9 Å². The molecule has 0 aliphatic carbocycles. The first kappa shape index (κ1) is 14.2. The molecule has 6 nitrogen and oxygen atoms in total. The highest BCUT2D eigenvalue weighted by Gasteiger charge is 2.36. The average molecular weight is 310 g/mol. The van der Waals surface area contributed by atoms with Crippen molar-refractivity contribution in [3.8, 4) is 5.75 Å². The summed E-state index contributed by atoms with van der Waals surface area (Å²) in [6.07, 6.45) is -0.608. The number of carbonyl (C=O) groups excluding carboxylic acids is 1. The van der Waals surface area contributed by atoms with Crippen LogP contribution in [0.25, 0.3) is 0 Å². The molecule has 2 unspecified atom stereocenters. The Balaban J connectivity index is 1.72. The molecule has 2 aliphatic heterocycles. The van der Waals surface area contributed by atoms with E-state index in [2.05, 4.69) is 5.32 Å². The van der Waals surface area contributed by atoms with Gasteiger partial charge in [-0.05, 0) is 19.1 Å². The topological polar surface area (TPSA) is 75.7 Å². The Labute approximate surface area is 124 Å². The number of para-hydroxylation sites is 2. The largest absolute Gasteiger partial charge is 0.477 e. The summed E-state index contributed by atoms with van der Waals surface area (Å²) in [7, 11) is -3.03. The second-order valence-corrected chi connectivity index (χ2v) is 7.71. The minimum absolute atomic E-state index is 0.0233. The highest BCUT2D eigenvalue weighted by atomic mass is 32.2. The van der Waals surface area contributed by atoms with E-state index in [0.717, 1.165) is 5.69 Å². The van der Waals surface area contributed by atoms with Gasteiger partial charge in [-0.25, -0.2) is 8.42 Å². The van der Waals surface area contributed by atoms with Crippen LogP contribution in [0.3, 0.4) is 0 Å². The molecule has 0 spiro atoms. The van der Waals surface area contributed by atoms with E-state index in [1.807, 2.05) is 24.3 Å². The minimum atomic E-state index is -3.03.